The van der Waals surface area contributed by atoms with Crippen molar-refractivity contribution in [2.24, 2.45) is 0 Å². The quantitative estimate of drug-likeness (QED) is 0.697. The van der Waals surface area contributed by atoms with Crippen LogP contribution in [0.4, 0.5) is 0 Å². The summed E-state index contributed by atoms with van der Waals surface area (Å²) in [4.78, 5) is 0. The van der Waals surface area contributed by atoms with Gasteiger partial charge in [0.1, 0.15) is 5.75 Å². The summed E-state index contributed by atoms with van der Waals surface area (Å²) in [6, 6.07) is 8.98. The predicted octanol–water partition coefficient (Wildman–Crippen LogP) is 3.41. The molecule has 0 saturated heterocycles. The van der Waals surface area contributed by atoms with Crippen molar-refractivity contribution >= 4 is 0 Å². The molecule has 0 spiro atoms. The molecule has 0 aliphatic heterocycles. The van der Waals surface area contributed by atoms with Crippen LogP contribution in [0.1, 0.15) is 38.2 Å². The second kappa shape index (κ2) is 8.13. The molecule has 1 rings (SSSR count). The Bertz CT molecular complexity index is 294. The van der Waals surface area contributed by atoms with Crippen molar-refractivity contribution in [3.63, 3.8) is 0 Å². The van der Waals surface area contributed by atoms with Crippen LogP contribution < -0.4 is 10.1 Å². The molecule has 0 aromatic heterocycles. The Morgan fingerprint density at radius 2 is 1.88 bits per heavy atom. The Balaban J connectivity index is 2.43. The molecule has 96 valence electrons. The molecule has 0 amide bonds. The Hall–Kier alpha value is -1.02. The number of ether oxygens (including phenoxy) is 1. The fourth-order valence-corrected chi connectivity index (χ4v) is 2.04. The molecule has 2 heteroatoms. The highest BCUT2D eigenvalue weighted by molar-refractivity contribution is 5.27. The maximum absolute atomic E-state index is 5.16. The van der Waals surface area contributed by atoms with Crippen LogP contribution in [-0.2, 0) is 6.42 Å². The maximum atomic E-state index is 5.16. The summed E-state index contributed by atoms with van der Waals surface area (Å²) in [5.74, 6) is 0.931. The minimum Gasteiger partial charge on any atom is -0.497 e. The van der Waals surface area contributed by atoms with Crippen molar-refractivity contribution in [2.45, 2.75) is 45.1 Å². The molecule has 1 aromatic carbocycles. The first-order valence-electron chi connectivity index (χ1n) is 6.60. The van der Waals surface area contributed by atoms with Gasteiger partial charge in [-0.05, 0) is 37.6 Å². The fraction of sp³-hybridized carbons (Fsp3) is 0.600. The average Bonchev–Trinajstić information content (AvgIpc) is 2.38. The van der Waals surface area contributed by atoms with Crippen LogP contribution in [0.3, 0.4) is 0 Å². The van der Waals surface area contributed by atoms with Gasteiger partial charge in [-0.2, -0.15) is 0 Å². The van der Waals surface area contributed by atoms with Crippen LogP contribution in [0.5, 0.6) is 5.75 Å². The number of rotatable bonds is 8. The molecule has 0 fully saturated rings. The summed E-state index contributed by atoms with van der Waals surface area (Å²) < 4.78 is 5.16. The van der Waals surface area contributed by atoms with Gasteiger partial charge in [-0.1, -0.05) is 38.3 Å². The van der Waals surface area contributed by atoms with Crippen molar-refractivity contribution in [1.82, 2.24) is 5.32 Å². The van der Waals surface area contributed by atoms with E-state index >= 15 is 0 Å². The van der Waals surface area contributed by atoms with Gasteiger partial charge in [0.15, 0.2) is 0 Å². The number of unbranched alkanes of at least 4 members (excludes halogenated alkanes) is 2. The van der Waals surface area contributed by atoms with E-state index < -0.39 is 0 Å². The van der Waals surface area contributed by atoms with Crippen LogP contribution >= 0.6 is 0 Å². The largest absolute Gasteiger partial charge is 0.497 e. The standard InChI is InChI=1S/C15H25NO/c1-4-5-6-7-14(16-2)12-13-8-10-15(17-3)11-9-13/h8-11,14,16H,4-7,12H2,1-3H3. The van der Waals surface area contributed by atoms with E-state index in [9.17, 15) is 0 Å². The van der Waals surface area contributed by atoms with E-state index in [4.69, 9.17) is 4.74 Å². The van der Waals surface area contributed by atoms with Crippen LogP contribution in [-0.4, -0.2) is 20.2 Å². The highest BCUT2D eigenvalue weighted by Gasteiger charge is 2.06. The Morgan fingerprint density at radius 1 is 1.18 bits per heavy atom. The number of benzene rings is 1. The minimum absolute atomic E-state index is 0.593. The molecule has 17 heavy (non-hydrogen) atoms. The number of hydrogen-bond donors (Lipinski definition) is 1. The highest BCUT2D eigenvalue weighted by Crippen LogP contribution is 2.14. The summed E-state index contributed by atoms with van der Waals surface area (Å²) in [5.41, 5.74) is 1.38. The van der Waals surface area contributed by atoms with Crippen LogP contribution in [0.2, 0.25) is 0 Å². The zero-order valence-electron chi connectivity index (χ0n) is 11.3. The first-order chi connectivity index (χ1) is 8.30. The molecule has 2 nitrogen and oxygen atoms in total. The molecular formula is C15H25NO. The zero-order valence-corrected chi connectivity index (χ0v) is 11.3. The van der Waals surface area contributed by atoms with E-state index in [1.807, 2.05) is 12.1 Å². The van der Waals surface area contributed by atoms with Crippen molar-refractivity contribution in [1.29, 1.82) is 0 Å². The number of likely N-dealkylation sites (N-methyl/N-ethyl adjacent to an activating group) is 1. The first kappa shape index (κ1) is 14.0. The number of nitrogens with one attached hydrogen (secondary N) is 1. The van der Waals surface area contributed by atoms with Crippen molar-refractivity contribution in [3.8, 4) is 5.75 Å². The maximum Gasteiger partial charge on any atom is 0.118 e. The van der Waals surface area contributed by atoms with Crippen molar-refractivity contribution < 1.29 is 4.74 Å². The van der Waals surface area contributed by atoms with E-state index in [0.29, 0.717) is 6.04 Å². The van der Waals surface area contributed by atoms with E-state index in [2.05, 4.69) is 31.4 Å². The molecule has 1 aromatic rings. The monoisotopic (exact) mass is 235 g/mol. The van der Waals surface area contributed by atoms with E-state index in [0.717, 1.165) is 12.2 Å². The summed E-state index contributed by atoms with van der Waals surface area (Å²) in [6.07, 6.45) is 6.30. The molecule has 1 atom stereocenters. The smallest absolute Gasteiger partial charge is 0.118 e. The highest BCUT2D eigenvalue weighted by atomic mass is 16.5. The van der Waals surface area contributed by atoms with Gasteiger partial charge < -0.3 is 10.1 Å². The summed E-state index contributed by atoms with van der Waals surface area (Å²) >= 11 is 0. The Kier molecular flexibility index (Phi) is 6.71. The van der Waals surface area contributed by atoms with Crippen LogP contribution in [0.15, 0.2) is 24.3 Å². The zero-order chi connectivity index (χ0) is 12.5. The molecule has 1 unspecified atom stereocenters. The third-order valence-corrected chi connectivity index (χ3v) is 3.21. The topological polar surface area (TPSA) is 21.3 Å². The van der Waals surface area contributed by atoms with Crippen LogP contribution in [0, 0.1) is 0 Å². The van der Waals surface area contributed by atoms with Gasteiger partial charge in [-0.25, -0.2) is 0 Å². The molecule has 0 radical (unpaired) electrons. The Morgan fingerprint density at radius 3 is 2.41 bits per heavy atom. The van der Waals surface area contributed by atoms with E-state index in [-0.39, 0.29) is 0 Å². The summed E-state index contributed by atoms with van der Waals surface area (Å²) in [6.45, 7) is 2.25. The SMILES string of the molecule is CCCCCC(Cc1ccc(OC)cc1)NC. The lowest BCUT2D eigenvalue weighted by Gasteiger charge is -2.16. The second-order valence-electron chi connectivity index (χ2n) is 4.53. The minimum atomic E-state index is 0.593. The molecule has 0 aliphatic carbocycles. The van der Waals surface area contributed by atoms with Gasteiger partial charge in [0, 0.05) is 6.04 Å². The van der Waals surface area contributed by atoms with Gasteiger partial charge in [0.25, 0.3) is 0 Å². The lowest BCUT2D eigenvalue weighted by atomic mass is 10.0. The third-order valence-electron chi connectivity index (χ3n) is 3.21. The lowest BCUT2D eigenvalue weighted by Crippen LogP contribution is -2.27. The fourth-order valence-electron chi connectivity index (χ4n) is 2.04. The molecule has 0 heterocycles. The van der Waals surface area contributed by atoms with Crippen molar-refractivity contribution in [2.75, 3.05) is 14.2 Å². The molecular weight excluding hydrogens is 210 g/mol. The number of hydrogen-bond acceptors (Lipinski definition) is 2. The summed E-state index contributed by atoms with van der Waals surface area (Å²) in [5, 5.41) is 3.41. The molecule has 1 N–H and O–H groups in total. The Labute approximate surface area is 105 Å². The van der Waals surface area contributed by atoms with Gasteiger partial charge in [0.2, 0.25) is 0 Å². The van der Waals surface area contributed by atoms with Gasteiger partial charge in [-0.3, -0.25) is 0 Å². The summed E-state index contributed by atoms with van der Waals surface area (Å²) in [7, 11) is 3.76. The van der Waals surface area contributed by atoms with Gasteiger partial charge in [-0.15, -0.1) is 0 Å². The molecule has 0 bridgehead atoms. The van der Waals surface area contributed by atoms with E-state index in [1.54, 1.807) is 7.11 Å². The van der Waals surface area contributed by atoms with Gasteiger partial charge in [0.05, 0.1) is 7.11 Å². The molecule has 0 aliphatic rings. The van der Waals surface area contributed by atoms with Crippen molar-refractivity contribution in [3.05, 3.63) is 29.8 Å². The van der Waals surface area contributed by atoms with E-state index in [1.165, 1.54) is 31.2 Å². The molecule has 0 saturated carbocycles. The number of methoxy groups -OCH3 is 1. The normalized spacial score (nSPS) is 12.4. The average molecular weight is 235 g/mol. The predicted molar refractivity (Wildman–Crippen MR) is 73.7 cm³/mol. The third kappa shape index (κ3) is 5.22. The second-order valence-corrected chi connectivity index (χ2v) is 4.53. The lowest BCUT2D eigenvalue weighted by molar-refractivity contribution is 0.414. The first-order valence-corrected chi connectivity index (χ1v) is 6.60. The van der Waals surface area contributed by atoms with Gasteiger partial charge >= 0.3 is 0 Å². The van der Waals surface area contributed by atoms with Crippen LogP contribution in [0.25, 0.3) is 0 Å².